The van der Waals surface area contributed by atoms with E-state index >= 15 is 0 Å². The van der Waals surface area contributed by atoms with Gasteiger partial charge in [0.05, 0.1) is 40.3 Å². The molecule has 0 heterocycles. The van der Waals surface area contributed by atoms with Gasteiger partial charge in [0.1, 0.15) is 12.6 Å². The van der Waals surface area contributed by atoms with Gasteiger partial charge in [0.15, 0.2) is 6.10 Å². The standard InChI is InChI=1S/C43H69NO7/c1-6-8-10-12-14-16-17-18-19-20-21-22-23-24-25-26-28-29-31-33-41(45)50-38-39(37-49-36-35-40(43(47)48)44(3,4)5)51-42(46)34-32-30-27-15-13-11-9-7-2/h8,10,14,16,18-19,21-22,24-25,27-30,39-40H,6-7,9,11-13,15,17,20,23,26,31-38H2,1-5H3/b10-8+,16-14+,19-18+,22-21+,25-24+,29-28+,30-27+. The Morgan fingerprint density at radius 1 is 0.608 bits per heavy atom. The third-order valence-corrected chi connectivity index (χ3v) is 7.79. The van der Waals surface area contributed by atoms with E-state index in [4.69, 9.17) is 14.2 Å². The summed E-state index contributed by atoms with van der Waals surface area (Å²) in [4.78, 5) is 36.5. The van der Waals surface area contributed by atoms with Crippen LogP contribution in [0.4, 0.5) is 0 Å². The van der Waals surface area contributed by atoms with E-state index in [1.807, 2.05) is 18.2 Å². The van der Waals surface area contributed by atoms with Gasteiger partial charge in [0.25, 0.3) is 0 Å². The van der Waals surface area contributed by atoms with Crippen LogP contribution in [0.2, 0.25) is 0 Å². The summed E-state index contributed by atoms with van der Waals surface area (Å²) < 4.78 is 16.9. The van der Waals surface area contributed by atoms with E-state index in [9.17, 15) is 19.5 Å². The van der Waals surface area contributed by atoms with Crippen molar-refractivity contribution in [2.75, 3.05) is 41.0 Å². The number of quaternary nitrogens is 1. The maximum absolute atomic E-state index is 12.5. The van der Waals surface area contributed by atoms with E-state index in [-0.39, 0.29) is 49.5 Å². The molecule has 2 atom stereocenters. The summed E-state index contributed by atoms with van der Waals surface area (Å²) in [5.41, 5.74) is 0. The van der Waals surface area contributed by atoms with Crippen molar-refractivity contribution in [1.29, 1.82) is 0 Å². The Balaban J connectivity index is 4.52. The van der Waals surface area contributed by atoms with Crippen LogP contribution in [-0.4, -0.2) is 75.5 Å². The summed E-state index contributed by atoms with van der Waals surface area (Å²) in [6.45, 7) is 4.34. The fourth-order valence-corrected chi connectivity index (χ4v) is 4.82. The molecule has 0 aromatic rings. The second-order valence-electron chi connectivity index (χ2n) is 13.4. The molecule has 0 N–H and O–H groups in total. The van der Waals surface area contributed by atoms with Gasteiger partial charge in [-0.15, -0.1) is 0 Å². The first-order valence-corrected chi connectivity index (χ1v) is 19.1. The largest absolute Gasteiger partial charge is 0.544 e. The van der Waals surface area contributed by atoms with Crippen LogP contribution in [0.5, 0.6) is 0 Å². The van der Waals surface area contributed by atoms with E-state index in [0.29, 0.717) is 12.8 Å². The molecular formula is C43H69NO7. The predicted octanol–water partition coefficient (Wildman–Crippen LogP) is 8.46. The quantitative estimate of drug-likeness (QED) is 0.0299. The highest BCUT2D eigenvalue weighted by Crippen LogP contribution is 2.09. The lowest BCUT2D eigenvalue weighted by molar-refractivity contribution is -0.889. The molecule has 0 aliphatic heterocycles. The van der Waals surface area contributed by atoms with Crippen molar-refractivity contribution >= 4 is 17.9 Å². The molecule has 0 fully saturated rings. The number of unbranched alkanes of at least 4 members (excludes halogenated alkanes) is 4. The van der Waals surface area contributed by atoms with E-state index in [1.54, 1.807) is 21.1 Å². The van der Waals surface area contributed by atoms with E-state index in [0.717, 1.165) is 51.4 Å². The van der Waals surface area contributed by atoms with Crippen molar-refractivity contribution in [3.05, 3.63) is 85.1 Å². The molecule has 0 aliphatic rings. The van der Waals surface area contributed by atoms with Crippen molar-refractivity contribution < 1.29 is 38.2 Å². The summed E-state index contributed by atoms with van der Waals surface area (Å²) in [6, 6.07) is -0.744. The fourth-order valence-electron chi connectivity index (χ4n) is 4.82. The minimum Gasteiger partial charge on any atom is -0.544 e. The molecule has 0 spiro atoms. The predicted molar refractivity (Wildman–Crippen MR) is 208 cm³/mol. The molecule has 0 bridgehead atoms. The van der Waals surface area contributed by atoms with Gasteiger partial charge < -0.3 is 28.6 Å². The molecule has 0 aliphatic carbocycles. The summed E-state index contributed by atoms with van der Waals surface area (Å²) in [7, 11) is 5.35. The Morgan fingerprint density at radius 2 is 1.10 bits per heavy atom. The van der Waals surface area contributed by atoms with Gasteiger partial charge in [-0.2, -0.15) is 0 Å². The number of carbonyl (C=O) groups excluding carboxylic acids is 3. The molecule has 0 aromatic carbocycles. The summed E-state index contributed by atoms with van der Waals surface area (Å²) >= 11 is 0. The highest BCUT2D eigenvalue weighted by atomic mass is 16.6. The molecule has 0 radical (unpaired) electrons. The zero-order valence-electron chi connectivity index (χ0n) is 32.5. The second-order valence-corrected chi connectivity index (χ2v) is 13.4. The van der Waals surface area contributed by atoms with Crippen molar-refractivity contribution in [3.8, 4) is 0 Å². The van der Waals surface area contributed by atoms with Gasteiger partial charge in [-0.3, -0.25) is 9.59 Å². The van der Waals surface area contributed by atoms with Crippen molar-refractivity contribution in [2.24, 2.45) is 0 Å². The van der Waals surface area contributed by atoms with Crippen LogP contribution in [0.3, 0.4) is 0 Å². The van der Waals surface area contributed by atoms with E-state index < -0.39 is 24.1 Å². The zero-order chi connectivity index (χ0) is 37.8. The van der Waals surface area contributed by atoms with Gasteiger partial charge in [-0.25, -0.2) is 0 Å². The third kappa shape index (κ3) is 32.2. The average Bonchev–Trinajstić information content (AvgIpc) is 3.08. The molecule has 8 heteroatoms. The normalized spacial score (nSPS) is 14.0. The van der Waals surface area contributed by atoms with Crippen molar-refractivity contribution in [1.82, 2.24) is 0 Å². The first kappa shape index (κ1) is 47.5. The first-order valence-electron chi connectivity index (χ1n) is 19.1. The van der Waals surface area contributed by atoms with Crippen LogP contribution >= 0.6 is 0 Å². The number of likely N-dealkylation sites (N-methyl/N-ethyl adjacent to an activating group) is 1. The number of carboxylic acid groups (broad SMARTS) is 1. The highest BCUT2D eigenvalue weighted by Gasteiger charge is 2.25. The minimum atomic E-state index is -1.15. The van der Waals surface area contributed by atoms with Crippen LogP contribution in [-0.2, 0) is 28.6 Å². The number of carbonyl (C=O) groups is 3. The number of nitrogens with zero attached hydrogens (tertiary/aromatic N) is 1. The Bertz CT molecular complexity index is 1110. The number of allylic oxidation sites excluding steroid dienone is 14. The SMILES string of the molecule is CC/C=C/C/C=C/C/C=C/C/C=C/C/C=C/C/C=C/CCC(=O)OCC(COCCC(C(=O)[O-])[N+](C)(C)C)OC(=O)CC/C=C/CCCCCC. The summed E-state index contributed by atoms with van der Waals surface area (Å²) in [5, 5.41) is 11.6. The van der Waals surface area contributed by atoms with Gasteiger partial charge in [0.2, 0.25) is 0 Å². The maximum atomic E-state index is 12.5. The molecule has 0 amide bonds. The molecule has 0 saturated heterocycles. The number of ether oxygens (including phenoxy) is 3. The molecule has 8 nitrogen and oxygen atoms in total. The van der Waals surface area contributed by atoms with Gasteiger partial charge in [0, 0.05) is 19.3 Å². The van der Waals surface area contributed by atoms with Crippen LogP contribution in [0.1, 0.15) is 117 Å². The lowest BCUT2D eigenvalue weighted by Crippen LogP contribution is -2.55. The second kappa shape index (κ2) is 33.6. The van der Waals surface area contributed by atoms with E-state index in [2.05, 4.69) is 80.7 Å². The highest BCUT2D eigenvalue weighted by molar-refractivity contribution is 5.70. The number of aliphatic carboxylic acids is 1. The van der Waals surface area contributed by atoms with Gasteiger partial charge >= 0.3 is 11.9 Å². The molecular weight excluding hydrogens is 642 g/mol. The average molecular weight is 712 g/mol. The molecule has 0 saturated carbocycles. The zero-order valence-corrected chi connectivity index (χ0v) is 32.5. The Hall–Kier alpha value is -3.49. The molecule has 51 heavy (non-hydrogen) atoms. The van der Waals surface area contributed by atoms with Crippen LogP contribution in [0.25, 0.3) is 0 Å². The van der Waals surface area contributed by atoms with Gasteiger partial charge in [-0.05, 0) is 64.2 Å². The van der Waals surface area contributed by atoms with Crippen LogP contribution in [0.15, 0.2) is 85.1 Å². The fraction of sp³-hybridized carbons (Fsp3) is 0.605. The smallest absolute Gasteiger partial charge is 0.306 e. The topological polar surface area (TPSA) is 102 Å². The molecule has 0 aromatic heterocycles. The van der Waals surface area contributed by atoms with E-state index in [1.165, 1.54) is 19.3 Å². The minimum absolute atomic E-state index is 0.00362. The van der Waals surface area contributed by atoms with Crippen LogP contribution in [0, 0.1) is 0 Å². The van der Waals surface area contributed by atoms with Crippen molar-refractivity contribution in [3.63, 3.8) is 0 Å². The number of hydrogen-bond donors (Lipinski definition) is 0. The molecule has 288 valence electrons. The summed E-state index contributed by atoms with van der Waals surface area (Å²) in [6.07, 6.45) is 42.2. The number of rotatable bonds is 32. The third-order valence-electron chi connectivity index (χ3n) is 7.79. The Morgan fingerprint density at radius 3 is 1.61 bits per heavy atom. The monoisotopic (exact) mass is 712 g/mol. The molecule has 0 rings (SSSR count). The number of carboxylic acids is 1. The summed E-state index contributed by atoms with van der Waals surface area (Å²) in [5.74, 6) is -1.93. The number of hydrogen-bond acceptors (Lipinski definition) is 7. The maximum Gasteiger partial charge on any atom is 0.306 e. The first-order chi connectivity index (χ1) is 24.6. The Kier molecular flexibility index (Phi) is 31.3. The van der Waals surface area contributed by atoms with Crippen LogP contribution < -0.4 is 5.11 Å². The van der Waals surface area contributed by atoms with Crippen molar-refractivity contribution in [2.45, 2.75) is 129 Å². The number of esters is 2. The van der Waals surface area contributed by atoms with Gasteiger partial charge in [-0.1, -0.05) is 118 Å². The lowest BCUT2D eigenvalue weighted by atomic mass is 10.1. The lowest BCUT2D eigenvalue weighted by Gasteiger charge is -2.34. The Labute approximate surface area is 310 Å². The molecule has 2 unspecified atom stereocenters.